The molecule has 1 unspecified atom stereocenters. The Bertz CT molecular complexity index is 481. The summed E-state index contributed by atoms with van der Waals surface area (Å²) in [6.07, 6.45) is 0. The summed E-state index contributed by atoms with van der Waals surface area (Å²) in [5.41, 5.74) is 0. The Morgan fingerprint density at radius 1 is 1.59 bits per heavy atom. The number of aromatic nitrogens is 2. The van der Waals surface area contributed by atoms with Gasteiger partial charge in [-0.05, 0) is 18.5 Å². The molecular formula is C11H14N4OS. The number of hydrogen-bond donors (Lipinski definition) is 1. The first kappa shape index (κ1) is 10.9. The molecule has 0 radical (unpaired) electrons. The van der Waals surface area contributed by atoms with Crippen LogP contribution in [0.25, 0.3) is 10.8 Å². The van der Waals surface area contributed by atoms with Crippen LogP contribution in [0.5, 0.6) is 0 Å². The fourth-order valence-corrected chi connectivity index (χ4v) is 2.61. The van der Waals surface area contributed by atoms with Gasteiger partial charge in [0.25, 0.3) is 5.89 Å². The lowest BCUT2D eigenvalue weighted by atomic mass is 10.2. The van der Waals surface area contributed by atoms with Crippen molar-refractivity contribution >= 4 is 11.3 Å². The van der Waals surface area contributed by atoms with Gasteiger partial charge in [-0.15, -0.1) is 11.3 Å². The zero-order chi connectivity index (χ0) is 11.7. The van der Waals surface area contributed by atoms with Crippen molar-refractivity contribution in [1.29, 1.82) is 0 Å². The zero-order valence-corrected chi connectivity index (χ0v) is 10.4. The number of piperazine rings is 1. The van der Waals surface area contributed by atoms with Crippen molar-refractivity contribution in [3.05, 3.63) is 23.3 Å². The molecule has 1 N–H and O–H groups in total. The highest BCUT2D eigenvalue weighted by molar-refractivity contribution is 7.13. The van der Waals surface area contributed by atoms with Crippen molar-refractivity contribution in [1.82, 2.24) is 20.4 Å². The van der Waals surface area contributed by atoms with Gasteiger partial charge in [0.2, 0.25) is 0 Å². The predicted molar refractivity (Wildman–Crippen MR) is 65.9 cm³/mol. The molecule has 0 amide bonds. The lowest BCUT2D eigenvalue weighted by molar-refractivity contribution is 0.190. The molecule has 5 nitrogen and oxygen atoms in total. The second-order valence-electron chi connectivity index (χ2n) is 4.14. The third-order valence-electron chi connectivity index (χ3n) is 2.98. The van der Waals surface area contributed by atoms with Crippen molar-refractivity contribution in [2.45, 2.75) is 6.04 Å². The van der Waals surface area contributed by atoms with Gasteiger partial charge in [-0.25, -0.2) is 0 Å². The van der Waals surface area contributed by atoms with Crippen molar-refractivity contribution in [3.8, 4) is 10.8 Å². The van der Waals surface area contributed by atoms with Crippen LogP contribution in [0.2, 0.25) is 0 Å². The average molecular weight is 250 g/mol. The van der Waals surface area contributed by atoms with Crippen LogP contribution in [0.3, 0.4) is 0 Å². The highest BCUT2D eigenvalue weighted by Crippen LogP contribution is 2.25. The second-order valence-corrected chi connectivity index (χ2v) is 5.08. The van der Waals surface area contributed by atoms with Crippen LogP contribution < -0.4 is 5.32 Å². The third kappa shape index (κ3) is 2.11. The smallest absolute Gasteiger partial charge is 0.268 e. The Hall–Kier alpha value is -1.24. The monoisotopic (exact) mass is 250 g/mol. The fraction of sp³-hybridized carbons (Fsp3) is 0.455. The second kappa shape index (κ2) is 4.56. The summed E-state index contributed by atoms with van der Waals surface area (Å²) in [7, 11) is 2.09. The van der Waals surface area contributed by atoms with Crippen LogP contribution in [-0.2, 0) is 0 Å². The Morgan fingerprint density at radius 2 is 2.53 bits per heavy atom. The summed E-state index contributed by atoms with van der Waals surface area (Å²) < 4.78 is 5.31. The molecule has 1 atom stereocenters. The van der Waals surface area contributed by atoms with Gasteiger partial charge in [0.05, 0.1) is 10.9 Å². The molecule has 2 aromatic heterocycles. The fourth-order valence-electron chi connectivity index (χ4n) is 1.96. The predicted octanol–water partition coefficient (Wildman–Crippen LogP) is 1.37. The third-order valence-corrected chi connectivity index (χ3v) is 3.84. The van der Waals surface area contributed by atoms with Crippen molar-refractivity contribution in [2.24, 2.45) is 0 Å². The van der Waals surface area contributed by atoms with Gasteiger partial charge in [0, 0.05) is 19.6 Å². The molecule has 90 valence electrons. The Kier molecular flexibility index (Phi) is 2.92. The number of nitrogens with zero attached hydrogens (tertiary/aromatic N) is 3. The number of likely N-dealkylation sites (N-methyl/N-ethyl adjacent to an activating group) is 1. The number of hydrogen-bond acceptors (Lipinski definition) is 6. The van der Waals surface area contributed by atoms with E-state index >= 15 is 0 Å². The largest absolute Gasteiger partial charge is 0.333 e. The first-order valence-electron chi connectivity index (χ1n) is 5.63. The van der Waals surface area contributed by atoms with E-state index in [-0.39, 0.29) is 6.04 Å². The molecule has 1 fully saturated rings. The molecule has 1 aliphatic rings. The summed E-state index contributed by atoms with van der Waals surface area (Å²) in [6.45, 7) is 2.90. The maximum absolute atomic E-state index is 5.31. The van der Waals surface area contributed by atoms with E-state index in [4.69, 9.17) is 4.52 Å². The Balaban J connectivity index is 1.84. The molecule has 0 spiro atoms. The van der Waals surface area contributed by atoms with Crippen LogP contribution >= 0.6 is 11.3 Å². The molecule has 0 saturated carbocycles. The highest BCUT2D eigenvalue weighted by Gasteiger charge is 2.25. The summed E-state index contributed by atoms with van der Waals surface area (Å²) in [6, 6.07) is 4.18. The lowest BCUT2D eigenvalue weighted by Crippen LogP contribution is -2.44. The quantitative estimate of drug-likeness (QED) is 0.872. The standard InChI is InChI=1S/C11H14N4OS/c1-15-5-4-12-7-8(15)10-13-11(16-14-10)9-3-2-6-17-9/h2-3,6,8,12H,4-5,7H2,1H3. The van der Waals surface area contributed by atoms with Gasteiger partial charge in [-0.1, -0.05) is 11.2 Å². The maximum Gasteiger partial charge on any atom is 0.268 e. The van der Waals surface area contributed by atoms with Crippen LogP contribution in [0.15, 0.2) is 22.0 Å². The molecule has 1 aliphatic heterocycles. The molecule has 0 bridgehead atoms. The summed E-state index contributed by atoms with van der Waals surface area (Å²) >= 11 is 1.61. The topological polar surface area (TPSA) is 54.2 Å². The van der Waals surface area contributed by atoms with E-state index in [2.05, 4.69) is 27.4 Å². The SMILES string of the molecule is CN1CCNCC1c1noc(-c2cccs2)n1. The summed E-state index contributed by atoms with van der Waals surface area (Å²) in [5.74, 6) is 1.39. The Morgan fingerprint density at radius 3 is 3.29 bits per heavy atom. The van der Waals surface area contributed by atoms with Gasteiger partial charge in [-0.3, -0.25) is 4.90 Å². The van der Waals surface area contributed by atoms with E-state index in [1.54, 1.807) is 11.3 Å². The molecular weight excluding hydrogens is 236 g/mol. The van der Waals surface area contributed by atoms with Gasteiger partial charge in [0.1, 0.15) is 0 Å². The van der Waals surface area contributed by atoms with Gasteiger partial charge >= 0.3 is 0 Å². The molecule has 2 aromatic rings. The normalized spacial score (nSPS) is 21.8. The average Bonchev–Trinajstić information content (AvgIpc) is 3.00. The summed E-state index contributed by atoms with van der Waals surface area (Å²) in [4.78, 5) is 7.75. The van der Waals surface area contributed by atoms with Crippen LogP contribution in [0, 0.1) is 0 Å². The Labute approximate surface area is 103 Å². The molecule has 3 heterocycles. The number of thiophene rings is 1. The zero-order valence-electron chi connectivity index (χ0n) is 9.59. The first-order chi connectivity index (χ1) is 8.34. The van der Waals surface area contributed by atoms with Crippen LogP contribution in [0.1, 0.15) is 11.9 Å². The van der Waals surface area contributed by atoms with Crippen LogP contribution in [-0.4, -0.2) is 41.7 Å². The van der Waals surface area contributed by atoms with Crippen molar-refractivity contribution in [2.75, 3.05) is 26.7 Å². The van der Waals surface area contributed by atoms with E-state index in [1.807, 2.05) is 17.5 Å². The van der Waals surface area contributed by atoms with E-state index < -0.39 is 0 Å². The summed E-state index contributed by atoms with van der Waals surface area (Å²) in [5, 5.41) is 9.44. The maximum atomic E-state index is 5.31. The molecule has 17 heavy (non-hydrogen) atoms. The lowest BCUT2D eigenvalue weighted by Gasteiger charge is -2.30. The minimum Gasteiger partial charge on any atom is -0.333 e. The first-order valence-corrected chi connectivity index (χ1v) is 6.51. The molecule has 3 rings (SSSR count). The molecule has 0 aromatic carbocycles. The van der Waals surface area contributed by atoms with Gasteiger partial charge in [0.15, 0.2) is 5.82 Å². The van der Waals surface area contributed by atoms with E-state index in [0.717, 1.165) is 30.3 Å². The molecule has 6 heteroatoms. The minimum atomic E-state index is 0.209. The highest BCUT2D eigenvalue weighted by atomic mass is 32.1. The van der Waals surface area contributed by atoms with Crippen LogP contribution in [0.4, 0.5) is 0 Å². The molecule has 0 aliphatic carbocycles. The van der Waals surface area contributed by atoms with Gasteiger partial charge in [-0.2, -0.15) is 4.98 Å². The van der Waals surface area contributed by atoms with E-state index in [0.29, 0.717) is 5.89 Å². The van der Waals surface area contributed by atoms with E-state index in [1.165, 1.54) is 0 Å². The van der Waals surface area contributed by atoms with Crippen molar-refractivity contribution < 1.29 is 4.52 Å². The number of nitrogens with one attached hydrogen (secondary N) is 1. The van der Waals surface area contributed by atoms with Gasteiger partial charge < -0.3 is 9.84 Å². The number of rotatable bonds is 2. The van der Waals surface area contributed by atoms with E-state index in [9.17, 15) is 0 Å². The molecule has 1 saturated heterocycles. The minimum absolute atomic E-state index is 0.209. The van der Waals surface area contributed by atoms with Crippen molar-refractivity contribution in [3.63, 3.8) is 0 Å².